The zero-order valence-corrected chi connectivity index (χ0v) is 15.9. The number of nitriles is 1. The summed E-state index contributed by atoms with van der Waals surface area (Å²) in [5, 5.41) is 22.2. The van der Waals surface area contributed by atoms with Crippen LogP contribution >= 0.6 is 0 Å². The van der Waals surface area contributed by atoms with Gasteiger partial charge in [0.05, 0.1) is 13.7 Å². The standard InChI is InChI=1S/C22H22N2O4/c1-4-6-16-11-15(13-20(27-3)21(16)25)12-17(14-23)22(26)24-18-7-9-19(10-8-18)28-5-2/h4,7-13,25H,1,5-6H2,2-3H3,(H,24,26)/b17-12+. The van der Waals surface area contributed by atoms with E-state index in [2.05, 4.69) is 11.9 Å². The van der Waals surface area contributed by atoms with Crippen molar-refractivity contribution in [1.29, 1.82) is 5.26 Å². The van der Waals surface area contributed by atoms with E-state index in [9.17, 15) is 15.2 Å². The lowest BCUT2D eigenvalue weighted by Crippen LogP contribution is -2.13. The Morgan fingerprint density at radius 2 is 2.04 bits per heavy atom. The number of amides is 1. The Kier molecular flexibility index (Phi) is 7.23. The molecule has 0 aromatic heterocycles. The minimum atomic E-state index is -0.538. The second kappa shape index (κ2) is 9.83. The molecule has 2 aromatic carbocycles. The molecule has 2 aromatic rings. The van der Waals surface area contributed by atoms with Crippen LogP contribution in [0.15, 0.2) is 54.6 Å². The van der Waals surface area contributed by atoms with Crippen molar-refractivity contribution in [3.63, 3.8) is 0 Å². The number of nitrogens with one attached hydrogen (secondary N) is 1. The van der Waals surface area contributed by atoms with E-state index in [0.29, 0.717) is 35.6 Å². The highest BCUT2D eigenvalue weighted by molar-refractivity contribution is 6.09. The number of methoxy groups -OCH3 is 1. The summed E-state index contributed by atoms with van der Waals surface area (Å²) in [5.41, 5.74) is 1.62. The van der Waals surface area contributed by atoms with E-state index in [0.717, 1.165) is 0 Å². The minimum absolute atomic E-state index is 0.0110. The molecule has 144 valence electrons. The van der Waals surface area contributed by atoms with E-state index < -0.39 is 5.91 Å². The zero-order valence-electron chi connectivity index (χ0n) is 15.9. The van der Waals surface area contributed by atoms with Crippen LogP contribution in [0.5, 0.6) is 17.2 Å². The first-order chi connectivity index (χ1) is 13.5. The first kappa shape index (κ1) is 20.6. The van der Waals surface area contributed by atoms with Crippen LogP contribution in [0.1, 0.15) is 18.1 Å². The fourth-order valence-electron chi connectivity index (χ4n) is 2.55. The van der Waals surface area contributed by atoms with Gasteiger partial charge in [0.1, 0.15) is 17.4 Å². The fourth-order valence-corrected chi connectivity index (χ4v) is 2.55. The summed E-state index contributed by atoms with van der Waals surface area (Å²) in [6, 6.07) is 12.0. The Morgan fingerprint density at radius 1 is 1.32 bits per heavy atom. The van der Waals surface area contributed by atoms with Gasteiger partial charge >= 0.3 is 0 Å². The van der Waals surface area contributed by atoms with E-state index in [1.807, 2.05) is 13.0 Å². The van der Waals surface area contributed by atoms with Crippen LogP contribution in [0.25, 0.3) is 6.08 Å². The van der Waals surface area contributed by atoms with Crippen LogP contribution in [0, 0.1) is 11.3 Å². The molecule has 0 bridgehead atoms. The van der Waals surface area contributed by atoms with E-state index in [4.69, 9.17) is 9.47 Å². The van der Waals surface area contributed by atoms with Gasteiger partial charge in [-0.1, -0.05) is 6.08 Å². The Morgan fingerprint density at radius 3 is 2.61 bits per heavy atom. The van der Waals surface area contributed by atoms with Crippen molar-refractivity contribution in [2.45, 2.75) is 13.3 Å². The summed E-state index contributed by atoms with van der Waals surface area (Å²) < 4.78 is 10.5. The van der Waals surface area contributed by atoms with Gasteiger partial charge in [-0.05, 0) is 61.4 Å². The largest absolute Gasteiger partial charge is 0.504 e. The number of anilines is 1. The summed E-state index contributed by atoms with van der Waals surface area (Å²) >= 11 is 0. The number of rotatable bonds is 8. The molecule has 6 heteroatoms. The lowest BCUT2D eigenvalue weighted by molar-refractivity contribution is -0.112. The van der Waals surface area contributed by atoms with Crippen molar-refractivity contribution in [2.24, 2.45) is 0 Å². The van der Waals surface area contributed by atoms with Gasteiger partial charge < -0.3 is 19.9 Å². The van der Waals surface area contributed by atoms with Gasteiger partial charge in [-0.3, -0.25) is 4.79 Å². The SMILES string of the molecule is C=CCc1cc(/C=C(\C#N)C(=O)Nc2ccc(OCC)cc2)cc(OC)c1O. The van der Waals surface area contributed by atoms with E-state index in [1.54, 1.807) is 42.5 Å². The number of hydrogen-bond acceptors (Lipinski definition) is 5. The monoisotopic (exact) mass is 378 g/mol. The highest BCUT2D eigenvalue weighted by atomic mass is 16.5. The van der Waals surface area contributed by atoms with Gasteiger partial charge in [0.15, 0.2) is 11.5 Å². The van der Waals surface area contributed by atoms with Crippen molar-refractivity contribution in [3.8, 4) is 23.3 Å². The molecule has 0 spiro atoms. The molecule has 0 aliphatic heterocycles. The van der Waals surface area contributed by atoms with Crippen LogP contribution < -0.4 is 14.8 Å². The molecule has 0 saturated heterocycles. The number of ether oxygens (including phenoxy) is 2. The number of carbonyl (C=O) groups excluding carboxylic acids is 1. The maximum absolute atomic E-state index is 12.5. The maximum Gasteiger partial charge on any atom is 0.266 e. The zero-order chi connectivity index (χ0) is 20.5. The summed E-state index contributed by atoms with van der Waals surface area (Å²) in [6.07, 6.45) is 3.51. The lowest BCUT2D eigenvalue weighted by atomic mass is 10.0. The molecule has 0 aliphatic rings. The van der Waals surface area contributed by atoms with E-state index in [1.165, 1.54) is 13.2 Å². The lowest BCUT2D eigenvalue weighted by Gasteiger charge is -2.10. The Labute approximate surface area is 164 Å². The first-order valence-corrected chi connectivity index (χ1v) is 8.69. The summed E-state index contributed by atoms with van der Waals surface area (Å²) in [6.45, 7) is 6.10. The van der Waals surface area contributed by atoms with Crippen molar-refractivity contribution in [2.75, 3.05) is 19.0 Å². The van der Waals surface area contributed by atoms with Crippen molar-refractivity contribution < 1.29 is 19.4 Å². The molecule has 0 atom stereocenters. The van der Waals surface area contributed by atoms with Crippen molar-refractivity contribution in [1.82, 2.24) is 0 Å². The van der Waals surface area contributed by atoms with Crippen LogP contribution in [0.3, 0.4) is 0 Å². The minimum Gasteiger partial charge on any atom is -0.504 e. The number of phenolic OH excluding ortho intramolecular Hbond substituents is 1. The first-order valence-electron chi connectivity index (χ1n) is 8.69. The van der Waals surface area contributed by atoms with Gasteiger partial charge in [0.2, 0.25) is 0 Å². The Hall–Kier alpha value is -3.72. The molecule has 0 fully saturated rings. The van der Waals surface area contributed by atoms with Crippen LogP contribution in [-0.4, -0.2) is 24.7 Å². The number of carbonyl (C=O) groups is 1. The smallest absolute Gasteiger partial charge is 0.266 e. The molecule has 2 rings (SSSR count). The second-order valence-electron chi connectivity index (χ2n) is 5.81. The number of benzene rings is 2. The molecule has 0 saturated carbocycles. The molecule has 0 aliphatic carbocycles. The molecule has 6 nitrogen and oxygen atoms in total. The van der Waals surface area contributed by atoms with Gasteiger partial charge in [-0.25, -0.2) is 0 Å². The molecule has 0 radical (unpaired) electrons. The third-order valence-corrected chi connectivity index (χ3v) is 3.86. The number of allylic oxidation sites excluding steroid dienone is 1. The van der Waals surface area contributed by atoms with Gasteiger partial charge in [-0.15, -0.1) is 6.58 Å². The molecular weight excluding hydrogens is 356 g/mol. The summed E-state index contributed by atoms with van der Waals surface area (Å²) in [7, 11) is 1.43. The average molecular weight is 378 g/mol. The van der Waals surface area contributed by atoms with Gasteiger partial charge in [0, 0.05) is 11.3 Å². The van der Waals surface area contributed by atoms with Crippen LogP contribution in [-0.2, 0) is 11.2 Å². The number of hydrogen-bond donors (Lipinski definition) is 2. The molecule has 2 N–H and O–H groups in total. The number of aromatic hydroxyl groups is 1. The van der Waals surface area contributed by atoms with Gasteiger partial charge in [-0.2, -0.15) is 5.26 Å². The fraction of sp³-hybridized carbons (Fsp3) is 0.182. The average Bonchev–Trinajstić information content (AvgIpc) is 2.70. The quantitative estimate of drug-likeness (QED) is 0.410. The Balaban J connectivity index is 2.27. The predicted molar refractivity (Wildman–Crippen MR) is 108 cm³/mol. The van der Waals surface area contributed by atoms with Gasteiger partial charge in [0.25, 0.3) is 5.91 Å². The highest BCUT2D eigenvalue weighted by Gasteiger charge is 2.13. The molecule has 0 unspecified atom stereocenters. The summed E-state index contributed by atoms with van der Waals surface area (Å²) in [4.78, 5) is 12.5. The van der Waals surface area contributed by atoms with Crippen LogP contribution in [0.4, 0.5) is 5.69 Å². The molecular formula is C22H22N2O4. The van der Waals surface area contributed by atoms with E-state index in [-0.39, 0.29) is 17.1 Å². The molecule has 1 amide bonds. The predicted octanol–water partition coefficient (Wildman–Crippen LogP) is 4.07. The van der Waals surface area contributed by atoms with Crippen LogP contribution in [0.2, 0.25) is 0 Å². The Bertz CT molecular complexity index is 925. The summed E-state index contributed by atoms with van der Waals surface area (Å²) in [5.74, 6) is 0.429. The van der Waals surface area contributed by atoms with E-state index >= 15 is 0 Å². The number of nitrogens with zero attached hydrogens (tertiary/aromatic N) is 1. The van der Waals surface area contributed by atoms with Crippen molar-refractivity contribution >= 4 is 17.7 Å². The molecule has 0 heterocycles. The third-order valence-electron chi connectivity index (χ3n) is 3.86. The number of phenols is 1. The topological polar surface area (TPSA) is 91.6 Å². The normalized spacial score (nSPS) is 10.7. The second-order valence-corrected chi connectivity index (χ2v) is 5.81. The molecule has 28 heavy (non-hydrogen) atoms. The van der Waals surface area contributed by atoms with Crippen molar-refractivity contribution in [3.05, 3.63) is 65.8 Å². The third kappa shape index (κ3) is 5.15. The maximum atomic E-state index is 12.5. The highest BCUT2D eigenvalue weighted by Crippen LogP contribution is 2.32.